The number of rotatable bonds is 1. The molecule has 1 heterocycles. The van der Waals surface area contributed by atoms with Crippen LogP contribution in [0.1, 0.15) is 31.2 Å². The van der Waals surface area contributed by atoms with Crippen LogP contribution in [0.3, 0.4) is 0 Å². The normalized spacial score (nSPS) is 24.1. The van der Waals surface area contributed by atoms with Crippen molar-refractivity contribution in [1.82, 2.24) is 0 Å². The summed E-state index contributed by atoms with van der Waals surface area (Å²) >= 11 is 0. The molecule has 2 N–H and O–H groups in total. The highest BCUT2D eigenvalue weighted by molar-refractivity contribution is 5.96. The van der Waals surface area contributed by atoms with Crippen LogP contribution in [0, 0.1) is 5.92 Å². The Balaban J connectivity index is 1.89. The van der Waals surface area contributed by atoms with E-state index in [1.54, 1.807) is 0 Å². The van der Waals surface area contributed by atoms with E-state index in [4.69, 9.17) is 5.73 Å². The van der Waals surface area contributed by atoms with E-state index in [1.165, 1.54) is 18.4 Å². The van der Waals surface area contributed by atoms with Crippen LogP contribution < -0.4 is 10.6 Å². The van der Waals surface area contributed by atoms with Crippen LogP contribution in [0.25, 0.3) is 0 Å². The molecule has 1 aromatic rings. The largest absolute Gasteiger partial charge is 0.326 e. The summed E-state index contributed by atoms with van der Waals surface area (Å²) in [7, 11) is 0. The van der Waals surface area contributed by atoms with Gasteiger partial charge in [0.15, 0.2) is 0 Å². The zero-order valence-corrected chi connectivity index (χ0v) is 10.6. The average Bonchev–Trinajstić information content (AvgIpc) is 2.90. The zero-order valence-electron chi connectivity index (χ0n) is 10.6. The van der Waals surface area contributed by atoms with Crippen molar-refractivity contribution in [3.63, 3.8) is 0 Å². The first-order valence-electron chi connectivity index (χ1n) is 6.90. The van der Waals surface area contributed by atoms with E-state index in [1.807, 2.05) is 23.1 Å². The van der Waals surface area contributed by atoms with Crippen LogP contribution in [0.4, 0.5) is 5.69 Å². The fraction of sp³-hybridized carbons (Fsp3) is 0.533. The van der Waals surface area contributed by atoms with E-state index in [9.17, 15) is 4.79 Å². The highest BCUT2D eigenvalue weighted by atomic mass is 16.2. The number of carbonyl (C=O) groups excluding carboxylic acids is 1. The number of nitrogens with two attached hydrogens (primary N) is 1. The fourth-order valence-electron chi connectivity index (χ4n) is 3.23. The molecule has 0 bridgehead atoms. The number of hydrogen-bond acceptors (Lipinski definition) is 2. The quantitative estimate of drug-likeness (QED) is 0.822. The lowest BCUT2D eigenvalue weighted by molar-refractivity contribution is -0.122. The molecule has 1 fully saturated rings. The molecular formula is C15H20N2O. The maximum atomic E-state index is 12.6. The van der Waals surface area contributed by atoms with Gasteiger partial charge in [-0.3, -0.25) is 4.79 Å². The SMILES string of the molecule is NC1Cc2ccccc2N(C(=O)C2CCCC2)C1. The van der Waals surface area contributed by atoms with Gasteiger partial charge in [0.05, 0.1) is 0 Å². The third-order valence-corrected chi connectivity index (χ3v) is 4.15. The number of benzene rings is 1. The van der Waals surface area contributed by atoms with Crippen molar-refractivity contribution in [2.45, 2.75) is 38.1 Å². The standard InChI is InChI=1S/C15H20N2O/c16-13-9-12-7-3-4-8-14(12)17(10-13)15(18)11-5-1-2-6-11/h3-4,7-8,11,13H,1-2,5-6,9-10,16H2. The number of nitrogens with zero attached hydrogens (tertiary/aromatic N) is 1. The van der Waals surface area contributed by atoms with Crippen molar-refractivity contribution >= 4 is 11.6 Å². The Bertz CT molecular complexity index is 452. The number of amides is 1. The maximum Gasteiger partial charge on any atom is 0.230 e. The van der Waals surface area contributed by atoms with E-state index < -0.39 is 0 Å². The predicted molar refractivity (Wildman–Crippen MR) is 72.4 cm³/mol. The Morgan fingerprint density at radius 3 is 2.72 bits per heavy atom. The number of anilines is 1. The highest BCUT2D eigenvalue weighted by Gasteiger charge is 2.32. The van der Waals surface area contributed by atoms with Gasteiger partial charge in [0.1, 0.15) is 0 Å². The van der Waals surface area contributed by atoms with Crippen molar-refractivity contribution in [2.75, 3.05) is 11.4 Å². The number of para-hydroxylation sites is 1. The van der Waals surface area contributed by atoms with Crippen molar-refractivity contribution in [1.29, 1.82) is 0 Å². The molecule has 1 unspecified atom stereocenters. The fourth-order valence-corrected chi connectivity index (χ4v) is 3.23. The molecule has 1 saturated carbocycles. The molecule has 1 aliphatic carbocycles. The van der Waals surface area contributed by atoms with Gasteiger partial charge in [-0.2, -0.15) is 0 Å². The molecule has 1 amide bonds. The van der Waals surface area contributed by atoms with Crippen LogP contribution in [-0.2, 0) is 11.2 Å². The van der Waals surface area contributed by atoms with E-state index >= 15 is 0 Å². The Labute approximate surface area is 108 Å². The second-order valence-corrected chi connectivity index (χ2v) is 5.52. The van der Waals surface area contributed by atoms with Gasteiger partial charge in [-0.15, -0.1) is 0 Å². The Kier molecular flexibility index (Phi) is 3.08. The van der Waals surface area contributed by atoms with Crippen molar-refractivity contribution < 1.29 is 4.79 Å². The van der Waals surface area contributed by atoms with Gasteiger partial charge in [-0.05, 0) is 30.9 Å². The lowest BCUT2D eigenvalue weighted by Crippen LogP contribution is -2.48. The van der Waals surface area contributed by atoms with E-state index in [0.29, 0.717) is 6.54 Å². The molecular weight excluding hydrogens is 224 g/mol. The van der Waals surface area contributed by atoms with Crippen LogP contribution in [0.15, 0.2) is 24.3 Å². The molecule has 1 aromatic carbocycles. The van der Waals surface area contributed by atoms with Crippen molar-refractivity contribution in [3.05, 3.63) is 29.8 Å². The summed E-state index contributed by atoms with van der Waals surface area (Å²) < 4.78 is 0. The summed E-state index contributed by atoms with van der Waals surface area (Å²) in [5.41, 5.74) is 8.37. The molecule has 3 heteroatoms. The zero-order chi connectivity index (χ0) is 12.5. The summed E-state index contributed by atoms with van der Waals surface area (Å²) in [6.45, 7) is 0.673. The minimum absolute atomic E-state index is 0.0743. The van der Waals surface area contributed by atoms with Crippen LogP contribution in [-0.4, -0.2) is 18.5 Å². The van der Waals surface area contributed by atoms with Gasteiger partial charge >= 0.3 is 0 Å². The molecule has 18 heavy (non-hydrogen) atoms. The summed E-state index contributed by atoms with van der Waals surface area (Å²) in [5.74, 6) is 0.512. The highest BCUT2D eigenvalue weighted by Crippen LogP contribution is 2.32. The average molecular weight is 244 g/mol. The third-order valence-electron chi connectivity index (χ3n) is 4.15. The second kappa shape index (κ2) is 4.73. The van der Waals surface area contributed by atoms with Crippen molar-refractivity contribution in [3.8, 4) is 0 Å². The predicted octanol–water partition coefficient (Wildman–Crippen LogP) is 2.09. The smallest absolute Gasteiger partial charge is 0.230 e. The Morgan fingerprint density at radius 1 is 1.22 bits per heavy atom. The van der Waals surface area contributed by atoms with E-state index in [0.717, 1.165) is 24.9 Å². The second-order valence-electron chi connectivity index (χ2n) is 5.52. The van der Waals surface area contributed by atoms with Crippen molar-refractivity contribution in [2.24, 2.45) is 11.7 Å². The van der Waals surface area contributed by atoms with E-state index in [-0.39, 0.29) is 17.9 Å². The first kappa shape index (κ1) is 11.7. The summed E-state index contributed by atoms with van der Waals surface area (Å²) in [4.78, 5) is 14.5. The summed E-state index contributed by atoms with van der Waals surface area (Å²) in [6, 6.07) is 8.24. The van der Waals surface area contributed by atoms with Crippen LogP contribution >= 0.6 is 0 Å². The first-order chi connectivity index (χ1) is 8.75. The monoisotopic (exact) mass is 244 g/mol. The molecule has 0 spiro atoms. The summed E-state index contributed by atoms with van der Waals surface area (Å²) in [6.07, 6.45) is 5.36. The van der Waals surface area contributed by atoms with E-state index in [2.05, 4.69) is 6.07 Å². The van der Waals surface area contributed by atoms with Gasteiger partial charge in [-0.25, -0.2) is 0 Å². The first-order valence-corrected chi connectivity index (χ1v) is 6.90. The maximum absolute atomic E-state index is 12.6. The number of carbonyl (C=O) groups is 1. The van der Waals surface area contributed by atoms with Crippen LogP contribution in [0.2, 0.25) is 0 Å². The Morgan fingerprint density at radius 2 is 1.94 bits per heavy atom. The van der Waals surface area contributed by atoms with Gasteiger partial charge in [0.25, 0.3) is 0 Å². The van der Waals surface area contributed by atoms with Gasteiger partial charge in [0.2, 0.25) is 5.91 Å². The molecule has 0 saturated heterocycles. The van der Waals surface area contributed by atoms with Gasteiger partial charge < -0.3 is 10.6 Å². The molecule has 2 aliphatic rings. The summed E-state index contributed by atoms with van der Waals surface area (Å²) in [5, 5.41) is 0. The molecule has 1 atom stereocenters. The molecule has 0 aromatic heterocycles. The van der Waals surface area contributed by atoms with Crippen LogP contribution in [0.5, 0.6) is 0 Å². The minimum atomic E-state index is 0.0743. The molecule has 0 radical (unpaired) electrons. The third kappa shape index (κ3) is 2.03. The number of fused-ring (bicyclic) bond motifs is 1. The molecule has 3 nitrogen and oxygen atoms in total. The minimum Gasteiger partial charge on any atom is -0.326 e. The van der Waals surface area contributed by atoms with Gasteiger partial charge in [0, 0.05) is 24.2 Å². The topological polar surface area (TPSA) is 46.3 Å². The molecule has 96 valence electrons. The molecule has 3 rings (SSSR count). The lowest BCUT2D eigenvalue weighted by Gasteiger charge is -2.34. The lowest BCUT2D eigenvalue weighted by atomic mass is 9.96. The number of hydrogen-bond donors (Lipinski definition) is 1. The Hall–Kier alpha value is -1.35. The molecule has 1 aliphatic heterocycles. The van der Waals surface area contributed by atoms with Gasteiger partial charge in [-0.1, -0.05) is 31.0 Å².